The maximum Gasteiger partial charge on any atom is 0.0586 e. The lowest BCUT2D eigenvalue weighted by Gasteiger charge is -1.96. The van der Waals surface area contributed by atoms with E-state index in [2.05, 4.69) is 54.6 Å². The minimum absolute atomic E-state index is 0. The molecule has 0 atom stereocenters. The van der Waals surface area contributed by atoms with Crippen LogP contribution in [0.5, 0.6) is 0 Å². The normalized spacial score (nSPS) is 7.47. The van der Waals surface area contributed by atoms with Gasteiger partial charge in [-0.15, -0.1) is 19.6 Å². The highest BCUT2D eigenvalue weighted by molar-refractivity contribution is 6.33. The molecular weight excluding hydrogens is 198 g/mol. The van der Waals surface area contributed by atoms with Crippen LogP contribution < -0.4 is 5.32 Å². The van der Waals surface area contributed by atoms with Crippen LogP contribution in [0.25, 0.3) is 0 Å². The largest absolute Gasteiger partial charge is 0.306 e. The molecule has 0 bridgehead atoms. The molecule has 0 radical (unpaired) electrons. The summed E-state index contributed by atoms with van der Waals surface area (Å²) in [6.45, 7) is 10.1. The van der Waals surface area contributed by atoms with Crippen LogP contribution in [0.2, 0.25) is 12.6 Å². The van der Waals surface area contributed by atoms with Crippen LogP contribution in [-0.4, -0.2) is 22.6 Å². The monoisotopic (exact) mass is 219 g/mol. The van der Waals surface area contributed by atoms with Crippen LogP contribution in [0.15, 0.2) is 13.2 Å². The molecule has 0 aromatic rings. The molecule has 0 unspecified atom stereocenters. The topological polar surface area (TPSA) is 12.0 Å². The fourth-order valence-electron chi connectivity index (χ4n) is 0.807. The first kappa shape index (κ1) is 16.0. The molecule has 0 heterocycles. The quantitative estimate of drug-likeness (QED) is 0.318. The SMILES string of the molecule is C#CC#CC#CCNCCC[SiH2]C.C=C.[HH]. The van der Waals surface area contributed by atoms with Gasteiger partial charge in [-0.3, -0.25) is 0 Å². The van der Waals surface area contributed by atoms with E-state index < -0.39 is 0 Å². The number of rotatable bonds is 5. The van der Waals surface area contributed by atoms with Crippen molar-refractivity contribution < 1.29 is 1.43 Å². The number of hydrogen-bond acceptors (Lipinski definition) is 1. The maximum atomic E-state index is 4.92. The molecule has 1 N–H and O–H groups in total. The van der Waals surface area contributed by atoms with E-state index in [1.165, 1.54) is 12.5 Å². The third kappa shape index (κ3) is 19.1. The van der Waals surface area contributed by atoms with Crippen molar-refractivity contribution in [2.24, 2.45) is 0 Å². The van der Waals surface area contributed by atoms with E-state index in [4.69, 9.17) is 6.42 Å². The van der Waals surface area contributed by atoms with E-state index in [0.29, 0.717) is 6.54 Å². The summed E-state index contributed by atoms with van der Waals surface area (Å²) in [4.78, 5) is 0. The fraction of sp³-hybridized carbons (Fsp3) is 0.385. The van der Waals surface area contributed by atoms with E-state index in [-0.39, 0.29) is 10.9 Å². The Balaban J connectivity index is -0.000000529. The Morgan fingerprint density at radius 3 is 2.67 bits per heavy atom. The predicted octanol–water partition coefficient (Wildman–Crippen LogP) is 1.29. The van der Waals surface area contributed by atoms with E-state index in [9.17, 15) is 0 Å². The first-order valence-corrected chi connectivity index (χ1v) is 7.47. The second-order valence-electron chi connectivity index (χ2n) is 2.58. The van der Waals surface area contributed by atoms with Crippen LogP contribution in [0.3, 0.4) is 0 Å². The van der Waals surface area contributed by atoms with Gasteiger partial charge in [0.25, 0.3) is 0 Å². The van der Waals surface area contributed by atoms with Gasteiger partial charge in [-0.1, -0.05) is 18.5 Å². The molecule has 1 nitrogen and oxygen atoms in total. The summed E-state index contributed by atoms with van der Waals surface area (Å²) in [5, 5.41) is 3.23. The highest BCUT2D eigenvalue weighted by atomic mass is 28.2. The Kier molecular flexibility index (Phi) is 19.7. The smallest absolute Gasteiger partial charge is 0.0586 e. The van der Waals surface area contributed by atoms with Crippen LogP contribution in [-0.2, 0) is 0 Å². The maximum absolute atomic E-state index is 4.92. The average molecular weight is 219 g/mol. The molecule has 0 saturated carbocycles. The Hall–Kier alpha value is -1.40. The van der Waals surface area contributed by atoms with Crippen LogP contribution in [0, 0.1) is 36.0 Å². The standard InChI is InChI=1S/C11H15NSi.C2H4.H2/c1-3-4-5-6-7-9-12-10-8-11-13-2;1-2;/h1,12H,8-11,13H2,2H3;1-2H2;1H. The summed E-state index contributed by atoms with van der Waals surface area (Å²) in [7, 11) is 0.243. The van der Waals surface area contributed by atoms with Gasteiger partial charge >= 0.3 is 0 Å². The van der Waals surface area contributed by atoms with E-state index >= 15 is 0 Å². The zero-order valence-corrected chi connectivity index (χ0v) is 10.9. The van der Waals surface area contributed by atoms with Gasteiger partial charge in [0.05, 0.1) is 6.54 Å². The zero-order chi connectivity index (χ0) is 11.8. The van der Waals surface area contributed by atoms with Gasteiger partial charge in [0.1, 0.15) is 0 Å². The van der Waals surface area contributed by atoms with Crippen LogP contribution >= 0.6 is 0 Å². The Morgan fingerprint density at radius 2 is 2.07 bits per heavy atom. The van der Waals surface area contributed by atoms with E-state index in [1.807, 2.05) is 0 Å². The summed E-state index contributed by atoms with van der Waals surface area (Å²) in [5.41, 5.74) is 0. The molecule has 2 heteroatoms. The summed E-state index contributed by atoms with van der Waals surface area (Å²) in [6, 6.07) is 1.41. The molecule has 0 saturated heterocycles. The van der Waals surface area contributed by atoms with Gasteiger partial charge in [0, 0.05) is 10.9 Å². The minimum Gasteiger partial charge on any atom is -0.306 e. The van der Waals surface area contributed by atoms with Gasteiger partial charge in [-0.2, -0.15) is 0 Å². The number of hydrogen-bond donors (Lipinski definition) is 1. The summed E-state index contributed by atoms with van der Waals surface area (Å²) >= 11 is 0. The van der Waals surface area contributed by atoms with Crippen molar-refractivity contribution in [1.82, 2.24) is 5.32 Å². The van der Waals surface area contributed by atoms with Crippen molar-refractivity contribution in [3.8, 4) is 36.0 Å². The molecule has 15 heavy (non-hydrogen) atoms. The Bertz CT molecular complexity index is 285. The number of nitrogens with one attached hydrogen (secondary N) is 1. The van der Waals surface area contributed by atoms with E-state index in [0.717, 1.165) is 6.54 Å². The van der Waals surface area contributed by atoms with E-state index in [1.54, 1.807) is 0 Å². The molecule has 0 aliphatic rings. The highest BCUT2D eigenvalue weighted by Crippen LogP contribution is 1.83. The van der Waals surface area contributed by atoms with Crippen molar-refractivity contribution in [3.05, 3.63) is 13.2 Å². The average Bonchev–Trinajstić information content (AvgIpc) is 2.30. The lowest BCUT2D eigenvalue weighted by atomic mass is 10.4. The van der Waals surface area contributed by atoms with Crippen molar-refractivity contribution >= 4 is 9.52 Å². The summed E-state index contributed by atoms with van der Waals surface area (Å²) in [5.74, 6) is 12.8. The fourth-order valence-corrected chi connectivity index (χ4v) is 1.56. The van der Waals surface area contributed by atoms with Crippen LogP contribution in [0.1, 0.15) is 7.85 Å². The highest BCUT2D eigenvalue weighted by Gasteiger charge is 1.83. The zero-order valence-electron chi connectivity index (χ0n) is 9.53. The summed E-state index contributed by atoms with van der Waals surface area (Å²) in [6.07, 6.45) is 6.20. The third-order valence-electron chi connectivity index (χ3n) is 1.46. The lowest BCUT2D eigenvalue weighted by molar-refractivity contribution is 0.735. The molecule has 0 amide bonds. The summed E-state index contributed by atoms with van der Waals surface area (Å²) < 4.78 is 0. The first-order chi connectivity index (χ1) is 7.41. The molecule has 0 fully saturated rings. The number of terminal acetylenes is 1. The Morgan fingerprint density at radius 1 is 1.33 bits per heavy atom. The molecule has 0 aromatic carbocycles. The van der Waals surface area contributed by atoms with Crippen molar-refractivity contribution in [2.75, 3.05) is 13.1 Å². The van der Waals surface area contributed by atoms with Gasteiger partial charge in [-0.05, 0) is 36.6 Å². The van der Waals surface area contributed by atoms with Crippen LogP contribution in [0.4, 0.5) is 0 Å². The third-order valence-corrected chi connectivity index (χ3v) is 2.66. The minimum atomic E-state index is 0. The molecule has 0 aromatic heterocycles. The first-order valence-electron chi connectivity index (χ1n) is 5.06. The predicted molar refractivity (Wildman–Crippen MR) is 74.5 cm³/mol. The lowest BCUT2D eigenvalue weighted by Crippen LogP contribution is -2.15. The van der Waals surface area contributed by atoms with Gasteiger partial charge in [-0.25, -0.2) is 0 Å². The molecular formula is C13H21NSi. The molecule has 0 aliphatic heterocycles. The second kappa shape index (κ2) is 18.4. The molecule has 0 spiro atoms. The van der Waals surface area contributed by atoms with Gasteiger partial charge in [0.2, 0.25) is 0 Å². The van der Waals surface area contributed by atoms with Crippen molar-refractivity contribution in [2.45, 2.75) is 19.0 Å². The van der Waals surface area contributed by atoms with Gasteiger partial charge in [0.15, 0.2) is 0 Å². The molecule has 0 rings (SSSR count). The van der Waals surface area contributed by atoms with Gasteiger partial charge < -0.3 is 5.32 Å². The van der Waals surface area contributed by atoms with Crippen molar-refractivity contribution in [3.63, 3.8) is 0 Å². The van der Waals surface area contributed by atoms with Crippen molar-refractivity contribution in [1.29, 1.82) is 0 Å². The Labute approximate surface area is 98.0 Å². The molecule has 0 aliphatic carbocycles. The molecule has 82 valence electrons. The second-order valence-corrected chi connectivity index (χ2v) is 4.29.